The Labute approximate surface area is 223 Å². The average molecular weight is 563 g/mol. The molecule has 0 aromatic heterocycles. The summed E-state index contributed by atoms with van der Waals surface area (Å²) < 4.78 is 99.9. The second-order valence-corrected chi connectivity index (χ2v) is 10.9. The number of ether oxygens (including phenoxy) is 1. The highest BCUT2D eigenvalue weighted by atomic mass is 19.4. The van der Waals surface area contributed by atoms with E-state index in [1.165, 1.54) is 6.07 Å². The van der Waals surface area contributed by atoms with E-state index in [0.29, 0.717) is 37.0 Å². The fourth-order valence-electron chi connectivity index (χ4n) is 4.90. The number of alkyl halides is 6. The number of carbonyl (C=O) groups excluding carboxylic acids is 1. The third kappa shape index (κ3) is 8.33. The predicted octanol–water partition coefficient (Wildman–Crippen LogP) is 7.74. The molecule has 1 amide bonds. The Morgan fingerprint density at radius 2 is 1.51 bits per heavy atom. The topological polar surface area (TPSA) is 41.6 Å². The van der Waals surface area contributed by atoms with Gasteiger partial charge in [0.1, 0.15) is 11.4 Å². The van der Waals surface area contributed by atoms with E-state index in [2.05, 4.69) is 5.32 Å². The van der Waals surface area contributed by atoms with Crippen molar-refractivity contribution in [3.05, 3.63) is 70.5 Å². The zero-order valence-corrected chi connectivity index (χ0v) is 22.2. The Morgan fingerprint density at radius 1 is 0.949 bits per heavy atom. The highest BCUT2D eigenvalue weighted by Gasteiger charge is 2.40. The molecular weight excluding hydrogens is 529 g/mol. The molecule has 1 aliphatic heterocycles. The standard InChI is InChI=1S/C28H33F7N2O2/c1-5-22-14-21(36-16-17-10-19(27(30,31)32)13-20(11-17)28(33,34)35)15-23(12-18-8-6-7-9-24(18)29)37(22)25(38)39-26(2,3)4/h6-11,13,21-23,36H,5,12,14-16H2,1-4H3. The number of nitrogens with zero attached hydrogens (tertiary/aromatic N) is 1. The van der Waals surface area contributed by atoms with Crippen molar-refractivity contribution < 1.29 is 40.3 Å². The fraction of sp³-hybridized carbons (Fsp3) is 0.536. The van der Waals surface area contributed by atoms with Gasteiger partial charge in [-0.3, -0.25) is 0 Å². The van der Waals surface area contributed by atoms with Crippen LogP contribution in [0.5, 0.6) is 0 Å². The number of hydrogen-bond acceptors (Lipinski definition) is 3. The van der Waals surface area contributed by atoms with E-state index < -0.39 is 47.0 Å². The molecule has 0 saturated carbocycles. The van der Waals surface area contributed by atoms with E-state index in [1.54, 1.807) is 43.9 Å². The van der Waals surface area contributed by atoms with Gasteiger partial charge in [-0.2, -0.15) is 26.3 Å². The Bertz CT molecular complexity index is 1110. The summed E-state index contributed by atoms with van der Waals surface area (Å²) in [6.07, 6.45) is -9.04. The first-order valence-electron chi connectivity index (χ1n) is 12.7. The first kappa shape index (κ1) is 30.7. The van der Waals surface area contributed by atoms with Crippen molar-refractivity contribution in [2.75, 3.05) is 0 Å². The number of likely N-dealkylation sites (tertiary alicyclic amines) is 1. The lowest BCUT2D eigenvalue weighted by molar-refractivity contribution is -0.143. The van der Waals surface area contributed by atoms with Gasteiger partial charge in [0.15, 0.2) is 0 Å². The first-order chi connectivity index (χ1) is 18.0. The number of amides is 1. The summed E-state index contributed by atoms with van der Waals surface area (Å²) in [7, 11) is 0. The molecule has 1 fully saturated rings. The molecular formula is C28H33F7N2O2. The van der Waals surface area contributed by atoms with Crippen LogP contribution in [0.1, 0.15) is 69.2 Å². The highest BCUT2D eigenvalue weighted by molar-refractivity contribution is 5.69. The van der Waals surface area contributed by atoms with Crippen molar-refractivity contribution in [2.45, 2.75) is 96.0 Å². The Morgan fingerprint density at radius 3 is 2.03 bits per heavy atom. The normalized spacial score (nSPS) is 20.7. The fourth-order valence-corrected chi connectivity index (χ4v) is 4.90. The molecule has 0 aliphatic carbocycles. The van der Waals surface area contributed by atoms with Crippen LogP contribution in [-0.4, -0.2) is 34.7 Å². The average Bonchev–Trinajstić information content (AvgIpc) is 2.81. The molecule has 11 heteroatoms. The maximum Gasteiger partial charge on any atom is 0.416 e. The van der Waals surface area contributed by atoms with Crippen LogP contribution in [-0.2, 0) is 30.1 Å². The van der Waals surface area contributed by atoms with E-state index in [4.69, 9.17) is 4.74 Å². The molecule has 3 unspecified atom stereocenters. The van der Waals surface area contributed by atoms with Crippen LogP contribution in [0.15, 0.2) is 42.5 Å². The number of hydrogen-bond donors (Lipinski definition) is 1. The summed E-state index contributed by atoms with van der Waals surface area (Å²) in [6, 6.07) is 6.45. The minimum Gasteiger partial charge on any atom is -0.444 e. The van der Waals surface area contributed by atoms with E-state index in [0.717, 1.165) is 0 Å². The van der Waals surface area contributed by atoms with Crippen molar-refractivity contribution in [2.24, 2.45) is 0 Å². The summed E-state index contributed by atoms with van der Waals surface area (Å²) in [5.41, 5.74) is -3.30. The molecule has 0 radical (unpaired) electrons. The third-order valence-electron chi connectivity index (χ3n) is 6.63. The molecule has 0 bridgehead atoms. The van der Waals surface area contributed by atoms with E-state index in [9.17, 15) is 35.5 Å². The summed E-state index contributed by atoms with van der Waals surface area (Å²) in [5, 5.41) is 3.09. The first-order valence-corrected chi connectivity index (χ1v) is 12.7. The molecule has 1 heterocycles. The van der Waals surface area contributed by atoms with Crippen LogP contribution in [0.4, 0.5) is 35.5 Å². The van der Waals surface area contributed by atoms with Gasteiger partial charge in [-0.15, -0.1) is 0 Å². The summed E-state index contributed by atoms with van der Waals surface area (Å²) in [5.74, 6) is -0.437. The lowest BCUT2D eigenvalue weighted by Crippen LogP contribution is -2.57. The van der Waals surface area contributed by atoms with Crippen LogP contribution in [0, 0.1) is 5.82 Å². The second-order valence-electron chi connectivity index (χ2n) is 10.9. The highest BCUT2D eigenvalue weighted by Crippen LogP contribution is 2.37. The molecule has 39 heavy (non-hydrogen) atoms. The van der Waals surface area contributed by atoms with Crippen molar-refractivity contribution in [1.82, 2.24) is 10.2 Å². The number of nitrogens with one attached hydrogen (secondary N) is 1. The quantitative estimate of drug-likeness (QED) is 0.366. The summed E-state index contributed by atoms with van der Waals surface area (Å²) >= 11 is 0. The lowest BCUT2D eigenvalue weighted by atomic mass is 9.86. The largest absolute Gasteiger partial charge is 0.444 e. The monoisotopic (exact) mass is 562 g/mol. The number of carbonyl (C=O) groups is 1. The van der Waals surface area contributed by atoms with Gasteiger partial charge in [0.05, 0.1) is 11.1 Å². The molecule has 1 saturated heterocycles. The molecule has 2 aromatic rings. The van der Waals surface area contributed by atoms with Gasteiger partial charge in [-0.25, -0.2) is 9.18 Å². The third-order valence-corrected chi connectivity index (χ3v) is 6.63. The van der Waals surface area contributed by atoms with E-state index >= 15 is 0 Å². The lowest BCUT2D eigenvalue weighted by Gasteiger charge is -2.45. The van der Waals surface area contributed by atoms with E-state index in [1.807, 2.05) is 6.92 Å². The molecule has 3 rings (SSSR count). The van der Waals surface area contributed by atoms with Crippen LogP contribution in [0.2, 0.25) is 0 Å². The number of piperidine rings is 1. The molecule has 216 valence electrons. The van der Waals surface area contributed by atoms with Crippen molar-refractivity contribution in [1.29, 1.82) is 0 Å². The Hall–Kier alpha value is -2.82. The van der Waals surface area contributed by atoms with Gasteiger partial charge in [0.2, 0.25) is 0 Å². The van der Waals surface area contributed by atoms with Crippen LogP contribution in [0.3, 0.4) is 0 Å². The van der Waals surface area contributed by atoms with Crippen molar-refractivity contribution >= 4 is 6.09 Å². The summed E-state index contributed by atoms with van der Waals surface area (Å²) in [6.45, 7) is 6.82. The zero-order valence-electron chi connectivity index (χ0n) is 22.2. The van der Waals surface area contributed by atoms with Gasteiger partial charge >= 0.3 is 18.4 Å². The number of halogens is 7. The number of rotatable bonds is 6. The predicted molar refractivity (Wildman–Crippen MR) is 132 cm³/mol. The maximum absolute atomic E-state index is 14.5. The van der Waals surface area contributed by atoms with Crippen molar-refractivity contribution in [3.63, 3.8) is 0 Å². The van der Waals surface area contributed by atoms with Gasteiger partial charge in [0, 0.05) is 24.7 Å². The second kappa shape index (κ2) is 11.7. The molecule has 3 atom stereocenters. The van der Waals surface area contributed by atoms with Crippen LogP contribution in [0.25, 0.3) is 0 Å². The maximum atomic E-state index is 14.5. The van der Waals surface area contributed by atoms with Crippen LogP contribution < -0.4 is 5.32 Å². The molecule has 0 spiro atoms. The Balaban J connectivity index is 1.87. The SMILES string of the molecule is CCC1CC(NCc2cc(C(F)(F)F)cc(C(F)(F)F)c2)CC(Cc2ccccc2F)N1C(=O)OC(C)(C)C. The van der Waals surface area contributed by atoms with E-state index in [-0.39, 0.29) is 36.7 Å². The van der Waals surface area contributed by atoms with Gasteiger partial charge in [-0.1, -0.05) is 25.1 Å². The molecule has 1 aliphatic rings. The van der Waals surface area contributed by atoms with Gasteiger partial charge < -0.3 is 15.0 Å². The number of benzene rings is 2. The van der Waals surface area contributed by atoms with Crippen molar-refractivity contribution in [3.8, 4) is 0 Å². The molecule has 2 aromatic carbocycles. The smallest absolute Gasteiger partial charge is 0.416 e. The zero-order chi connectivity index (χ0) is 29.2. The van der Waals surface area contributed by atoms with Gasteiger partial charge in [0.25, 0.3) is 0 Å². The minimum atomic E-state index is -4.94. The van der Waals surface area contributed by atoms with Crippen LogP contribution >= 0.6 is 0 Å². The molecule has 1 N–H and O–H groups in total. The minimum absolute atomic E-state index is 0.0976. The Kier molecular flexibility index (Phi) is 9.24. The van der Waals surface area contributed by atoms with Gasteiger partial charge in [-0.05, 0) is 81.8 Å². The summed E-state index contributed by atoms with van der Waals surface area (Å²) in [4.78, 5) is 14.8. The molecule has 4 nitrogen and oxygen atoms in total.